The maximum atomic E-state index is 13.0. The fourth-order valence-corrected chi connectivity index (χ4v) is 3.17. The van der Waals surface area contributed by atoms with Crippen LogP contribution >= 0.6 is 39.5 Å². The molecule has 106 valence electrons. The van der Waals surface area contributed by atoms with Crippen molar-refractivity contribution in [1.82, 2.24) is 14.9 Å². The second-order valence-corrected chi connectivity index (χ2v) is 6.94. The Balaban J connectivity index is 1.99. The van der Waals surface area contributed by atoms with E-state index in [1.54, 1.807) is 29.7 Å². The van der Waals surface area contributed by atoms with E-state index in [4.69, 9.17) is 12.2 Å². The van der Waals surface area contributed by atoms with Crippen molar-refractivity contribution in [3.63, 3.8) is 0 Å². The van der Waals surface area contributed by atoms with Gasteiger partial charge in [0, 0.05) is 10.4 Å². The topological polar surface area (TPSA) is 46.0 Å². The molecule has 0 spiro atoms. The molecule has 0 fully saturated rings. The predicted octanol–water partition coefficient (Wildman–Crippen LogP) is 4.45. The van der Waals surface area contributed by atoms with Crippen LogP contribution in [0, 0.1) is 10.6 Å². The Morgan fingerprint density at radius 1 is 1.29 bits per heavy atom. The van der Waals surface area contributed by atoms with Gasteiger partial charge in [-0.25, -0.2) is 9.49 Å². The molecule has 0 bridgehead atoms. The number of nitrogens with one attached hydrogen (secondary N) is 1. The third-order valence-electron chi connectivity index (χ3n) is 2.65. The largest absolute Gasteiger partial charge is 0.250 e. The third-order valence-corrected chi connectivity index (χ3v) is 4.47. The fourth-order valence-electron chi connectivity index (χ4n) is 1.70. The first-order chi connectivity index (χ1) is 10.1. The summed E-state index contributed by atoms with van der Waals surface area (Å²) in [6.07, 6.45) is 1.70. The zero-order valence-electron chi connectivity index (χ0n) is 10.5. The van der Waals surface area contributed by atoms with Gasteiger partial charge in [-0.15, -0.1) is 11.3 Å². The minimum absolute atomic E-state index is 0.300. The molecular weight excluding hydrogens is 375 g/mol. The summed E-state index contributed by atoms with van der Waals surface area (Å²) in [7, 11) is 0. The number of aromatic nitrogens is 3. The van der Waals surface area contributed by atoms with Crippen LogP contribution in [0.5, 0.6) is 0 Å². The van der Waals surface area contributed by atoms with Crippen LogP contribution in [-0.2, 0) is 0 Å². The Hall–Kier alpha value is -1.64. The van der Waals surface area contributed by atoms with E-state index in [-0.39, 0.29) is 5.82 Å². The van der Waals surface area contributed by atoms with E-state index in [0.717, 1.165) is 14.2 Å². The summed E-state index contributed by atoms with van der Waals surface area (Å²) >= 11 is 10.1. The molecule has 3 rings (SSSR count). The molecule has 0 amide bonds. The zero-order valence-corrected chi connectivity index (χ0v) is 13.7. The van der Waals surface area contributed by atoms with Gasteiger partial charge in [0.15, 0.2) is 5.82 Å². The smallest absolute Gasteiger partial charge is 0.216 e. The monoisotopic (exact) mass is 382 g/mol. The molecule has 8 heteroatoms. The first-order valence-electron chi connectivity index (χ1n) is 5.86. The van der Waals surface area contributed by atoms with Crippen LogP contribution in [0.1, 0.15) is 4.88 Å². The molecule has 0 unspecified atom stereocenters. The van der Waals surface area contributed by atoms with Gasteiger partial charge in [0.1, 0.15) is 5.82 Å². The van der Waals surface area contributed by atoms with Gasteiger partial charge < -0.3 is 0 Å². The van der Waals surface area contributed by atoms with Crippen LogP contribution in [0.15, 0.2) is 45.3 Å². The first-order valence-corrected chi connectivity index (χ1v) is 7.88. The molecule has 2 heterocycles. The molecule has 4 nitrogen and oxygen atoms in total. The zero-order chi connectivity index (χ0) is 14.8. The Kier molecular flexibility index (Phi) is 4.09. The molecule has 0 saturated heterocycles. The lowest BCUT2D eigenvalue weighted by Crippen LogP contribution is -1.94. The van der Waals surface area contributed by atoms with Gasteiger partial charge in [0.2, 0.25) is 4.77 Å². The van der Waals surface area contributed by atoms with Gasteiger partial charge in [-0.05, 0) is 64.5 Å². The van der Waals surface area contributed by atoms with E-state index in [1.807, 2.05) is 12.1 Å². The lowest BCUT2D eigenvalue weighted by atomic mass is 10.2. The normalized spacial score (nSPS) is 11.3. The molecule has 2 aromatic heterocycles. The molecule has 0 radical (unpaired) electrons. The molecule has 0 saturated carbocycles. The van der Waals surface area contributed by atoms with Crippen LogP contribution in [0.25, 0.3) is 11.4 Å². The maximum Gasteiger partial charge on any atom is 0.216 e. The number of rotatable bonds is 3. The van der Waals surface area contributed by atoms with E-state index >= 15 is 0 Å². The Bertz CT molecular complexity index is 848. The molecule has 0 aliphatic rings. The summed E-state index contributed by atoms with van der Waals surface area (Å²) in [6, 6.07) is 9.90. The fraction of sp³-hybridized carbons (Fsp3) is 0. The van der Waals surface area contributed by atoms with Crippen LogP contribution in [0.3, 0.4) is 0 Å². The second-order valence-electron chi connectivity index (χ2n) is 4.06. The van der Waals surface area contributed by atoms with E-state index in [2.05, 4.69) is 31.2 Å². The molecular formula is C13H8BrFN4S2. The lowest BCUT2D eigenvalue weighted by molar-refractivity contribution is 0.628. The lowest BCUT2D eigenvalue weighted by Gasteiger charge is -2.00. The highest BCUT2D eigenvalue weighted by Gasteiger charge is 2.08. The number of thiophene rings is 1. The van der Waals surface area contributed by atoms with Crippen LogP contribution < -0.4 is 0 Å². The van der Waals surface area contributed by atoms with Gasteiger partial charge in [-0.2, -0.15) is 14.9 Å². The average Bonchev–Trinajstić information content (AvgIpc) is 3.04. The summed E-state index contributed by atoms with van der Waals surface area (Å²) in [5, 5.41) is 11.2. The number of nitrogens with zero attached hydrogens (tertiary/aromatic N) is 3. The average molecular weight is 383 g/mol. The number of H-pyrrole nitrogens is 1. The summed E-state index contributed by atoms with van der Waals surface area (Å²) in [4.78, 5) is 0.982. The minimum Gasteiger partial charge on any atom is -0.250 e. The standard InChI is InChI=1S/C13H8BrFN4S2/c14-11-6-5-10(21-11)7-16-19-12(17-18-13(19)20)8-1-3-9(15)4-2-8/h1-7H,(H,18,20)/b16-7+. The summed E-state index contributed by atoms with van der Waals surface area (Å²) in [6.45, 7) is 0. The van der Waals surface area contributed by atoms with E-state index < -0.39 is 0 Å². The SMILES string of the molecule is Fc1ccc(-c2n[nH]c(=S)n2/N=C/c2ccc(Br)s2)cc1. The number of benzene rings is 1. The molecule has 0 aliphatic carbocycles. The van der Waals surface area contributed by atoms with Crippen molar-refractivity contribution in [3.05, 3.63) is 55.7 Å². The number of aromatic amines is 1. The Morgan fingerprint density at radius 2 is 2.05 bits per heavy atom. The first kappa shape index (κ1) is 14.3. The van der Waals surface area contributed by atoms with Gasteiger partial charge in [0.05, 0.1) is 10.0 Å². The van der Waals surface area contributed by atoms with Crippen molar-refractivity contribution in [2.45, 2.75) is 0 Å². The molecule has 1 N–H and O–H groups in total. The molecule has 21 heavy (non-hydrogen) atoms. The van der Waals surface area contributed by atoms with Gasteiger partial charge in [-0.1, -0.05) is 0 Å². The predicted molar refractivity (Wildman–Crippen MR) is 87.8 cm³/mol. The van der Waals surface area contributed by atoms with E-state index in [0.29, 0.717) is 10.6 Å². The summed E-state index contributed by atoms with van der Waals surface area (Å²) in [5.41, 5.74) is 0.730. The van der Waals surface area contributed by atoms with Crippen LogP contribution in [-0.4, -0.2) is 21.1 Å². The highest BCUT2D eigenvalue weighted by Crippen LogP contribution is 2.21. The van der Waals surface area contributed by atoms with Gasteiger partial charge in [-0.3, -0.25) is 0 Å². The maximum absolute atomic E-state index is 13.0. The molecule has 3 aromatic rings. The number of halogens is 2. The second kappa shape index (κ2) is 6.00. The van der Waals surface area contributed by atoms with Crippen LogP contribution in [0.2, 0.25) is 0 Å². The highest BCUT2D eigenvalue weighted by atomic mass is 79.9. The van der Waals surface area contributed by atoms with Crippen LogP contribution in [0.4, 0.5) is 4.39 Å². The Labute approximate surface area is 137 Å². The van der Waals surface area contributed by atoms with Gasteiger partial charge in [0.25, 0.3) is 0 Å². The molecule has 1 aromatic carbocycles. The van der Waals surface area contributed by atoms with Crippen molar-refractivity contribution in [1.29, 1.82) is 0 Å². The number of hydrogen-bond acceptors (Lipinski definition) is 4. The third kappa shape index (κ3) is 3.17. The summed E-state index contributed by atoms with van der Waals surface area (Å²) < 4.78 is 15.9. The molecule has 0 atom stereocenters. The van der Waals surface area contributed by atoms with Crippen molar-refractivity contribution < 1.29 is 4.39 Å². The van der Waals surface area contributed by atoms with Crippen molar-refractivity contribution in [2.24, 2.45) is 5.10 Å². The Morgan fingerprint density at radius 3 is 2.71 bits per heavy atom. The van der Waals surface area contributed by atoms with Crippen molar-refractivity contribution in [2.75, 3.05) is 0 Å². The van der Waals surface area contributed by atoms with Crippen molar-refractivity contribution in [3.8, 4) is 11.4 Å². The molecule has 0 aliphatic heterocycles. The summed E-state index contributed by atoms with van der Waals surface area (Å²) in [5.74, 6) is 0.234. The van der Waals surface area contributed by atoms with Gasteiger partial charge >= 0.3 is 0 Å². The quantitative estimate of drug-likeness (QED) is 0.537. The van der Waals surface area contributed by atoms with Crippen molar-refractivity contribution >= 4 is 45.7 Å². The van der Waals surface area contributed by atoms with E-state index in [1.165, 1.54) is 16.8 Å². The van der Waals surface area contributed by atoms with E-state index in [9.17, 15) is 4.39 Å². The highest BCUT2D eigenvalue weighted by molar-refractivity contribution is 9.11. The minimum atomic E-state index is -0.300. The number of hydrogen-bond donors (Lipinski definition) is 1.